The Morgan fingerprint density at radius 2 is 2.22 bits per heavy atom. The van der Waals surface area contributed by atoms with E-state index < -0.39 is 0 Å². The van der Waals surface area contributed by atoms with Crippen molar-refractivity contribution in [2.75, 3.05) is 19.6 Å². The Labute approximate surface area is 116 Å². The molecule has 1 amide bonds. The molecule has 0 aliphatic carbocycles. The number of nitrogens with two attached hydrogens (primary N) is 1. The van der Waals surface area contributed by atoms with Crippen LogP contribution >= 0.6 is 15.9 Å². The van der Waals surface area contributed by atoms with Gasteiger partial charge in [-0.2, -0.15) is 0 Å². The molecule has 2 rings (SSSR count). The van der Waals surface area contributed by atoms with E-state index in [1.807, 2.05) is 17.0 Å². The zero-order valence-electron chi connectivity index (χ0n) is 10.3. The number of amides is 1. The molecule has 1 fully saturated rings. The van der Waals surface area contributed by atoms with Gasteiger partial charge >= 0.3 is 0 Å². The van der Waals surface area contributed by atoms with E-state index >= 15 is 0 Å². The van der Waals surface area contributed by atoms with Gasteiger partial charge in [0.05, 0.1) is 0 Å². The fourth-order valence-electron chi connectivity index (χ4n) is 2.35. The number of likely N-dealkylation sites (tertiary alicyclic amines) is 1. The summed E-state index contributed by atoms with van der Waals surface area (Å²) in [5.74, 6) is 0.694. The Bertz CT molecular complexity index is 416. The summed E-state index contributed by atoms with van der Waals surface area (Å²) < 4.78 is 0.763. The van der Waals surface area contributed by atoms with Crippen LogP contribution in [0.2, 0.25) is 0 Å². The van der Waals surface area contributed by atoms with E-state index in [1.54, 1.807) is 6.20 Å². The third-order valence-electron chi connectivity index (χ3n) is 3.44. The van der Waals surface area contributed by atoms with Crippen LogP contribution in [0.1, 0.15) is 29.8 Å². The summed E-state index contributed by atoms with van der Waals surface area (Å²) in [6.45, 7) is 2.36. The molecule has 1 aromatic rings. The molecule has 2 heterocycles. The summed E-state index contributed by atoms with van der Waals surface area (Å²) in [5, 5.41) is 0. The minimum Gasteiger partial charge on any atom is -0.337 e. The fraction of sp³-hybridized carbons (Fsp3) is 0.538. The third kappa shape index (κ3) is 3.09. The predicted octanol–water partition coefficient (Wildman–Crippen LogP) is 2.05. The predicted molar refractivity (Wildman–Crippen MR) is 74.2 cm³/mol. The molecule has 1 saturated heterocycles. The summed E-state index contributed by atoms with van der Waals surface area (Å²) in [7, 11) is 0. The molecule has 18 heavy (non-hydrogen) atoms. The maximum atomic E-state index is 12.3. The zero-order chi connectivity index (χ0) is 13.0. The number of halogens is 1. The molecule has 1 aliphatic heterocycles. The van der Waals surface area contributed by atoms with Crippen LogP contribution in [0.3, 0.4) is 0 Å². The molecular formula is C13H18BrN3O. The van der Waals surface area contributed by atoms with Gasteiger partial charge in [-0.3, -0.25) is 4.79 Å². The van der Waals surface area contributed by atoms with Crippen LogP contribution in [0.25, 0.3) is 0 Å². The topological polar surface area (TPSA) is 59.2 Å². The Morgan fingerprint density at radius 3 is 2.83 bits per heavy atom. The van der Waals surface area contributed by atoms with Crippen molar-refractivity contribution in [2.24, 2.45) is 11.7 Å². The molecule has 5 heteroatoms. The molecule has 0 radical (unpaired) electrons. The van der Waals surface area contributed by atoms with Gasteiger partial charge in [-0.15, -0.1) is 0 Å². The van der Waals surface area contributed by atoms with Crippen LogP contribution in [0.5, 0.6) is 0 Å². The lowest BCUT2D eigenvalue weighted by Gasteiger charge is -2.31. The molecule has 0 saturated carbocycles. The first-order valence-corrected chi connectivity index (χ1v) is 7.11. The number of piperidine rings is 1. The van der Waals surface area contributed by atoms with Crippen LogP contribution in [-0.4, -0.2) is 35.4 Å². The maximum Gasteiger partial charge on any atom is 0.273 e. The van der Waals surface area contributed by atoms with Gasteiger partial charge in [-0.25, -0.2) is 4.98 Å². The Balaban J connectivity index is 1.98. The monoisotopic (exact) mass is 311 g/mol. The summed E-state index contributed by atoms with van der Waals surface area (Å²) in [5.41, 5.74) is 6.08. The largest absolute Gasteiger partial charge is 0.337 e. The first kappa shape index (κ1) is 13.5. The molecule has 1 aromatic heterocycles. The Morgan fingerprint density at radius 1 is 1.50 bits per heavy atom. The summed E-state index contributed by atoms with van der Waals surface area (Å²) in [4.78, 5) is 18.3. The van der Waals surface area contributed by atoms with Gasteiger partial charge in [0.2, 0.25) is 0 Å². The number of pyridine rings is 1. The van der Waals surface area contributed by atoms with Crippen LogP contribution in [0.15, 0.2) is 22.8 Å². The van der Waals surface area contributed by atoms with Crippen LogP contribution in [0.4, 0.5) is 0 Å². The van der Waals surface area contributed by atoms with Crippen molar-refractivity contribution in [2.45, 2.75) is 19.3 Å². The van der Waals surface area contributed by atoms with E-state index in [0.29, 0.717) is 11.6 Å². The second kappa shape index (κ2) is 6.29. The number of hydrogen-bond donors (Lipinski definition) is 1. The Hall–Kier alpha value is -0.940. The van der Waals surface area contributed by atoms with Crippen molar-refractivity contribution < 1.29 is 4.79 Å². The van der Waals surface area contributed by atoms with Gasteiger partial charge in [-0.1, -0.05) is 0 Å². The van der Waals surface area contributed by atoms with E-state index in [0.717, 1.165) is 43.4 Å². The van der Waals surface area contributed by atoms with E-state index in [-0.39, 0.29) is 5.91 Å². The molecule has 0 spiro atoms. The molecule has 0 bridgehead atoms. The van der Waals surface area contributed by atoms with Crippen LogP contribution in [-0.2, 0) is 0 Å². The normalized spacial score (nSPS) is 16.9. The molecule has 0 unspecified atom stereocenters. The minimum absolute atomic E-state index is 0.0219. The lowest BCUT2D eigenvalue weighted by atomic mass is 9.93. The number of aromatic nitrogens is 1. The highest BCUT2D eigenvalue weighted by Gasteiger charge is 2.24. The minimum atomic E-state index is 0.0219. The van der Waals surface area contributed by atoms with Crippen molar-refractivity contribution >= 4 is 21.8 Å². The van der Waals surface area contributed by atoms with E-state index in [4.69, 9.17) is 5.73 Å². The quantitative estimate of drug-likeness (QED) is 0.929. The van der Waals surface area contributed by atoms with Gasteiger partial charge < -0.3 is 10.6 Å². The van der Waals surface area contributed by atoms with Gasteiger partial charge in [0, 0.05) is 23.8 Å². The third-order valence-corrected chi connectivity index (χ3v) is 4.08. The van der Waals surface area contributed by atoms with Gasteiger partial charge in [0.15, 0.2) is 0 Å². The molecule has 0 atom stereocenters. The van der Waals surface area contributed by atoms with Gasteiger partial charge in [0.25, 0.3) is 5.91 Å². The van der Waals surface area contributed by atoms with Crippen LogP contribution in [0, 0.1) is 5.92 Å². The van der Waals surface area contributed by atoms with Crippen molar-refractivity contribution in [1.29, 1.82) is 0 Å². The van der Waals surface area contributed by atoms with E-state index in [9.17, 15) is 4.79 Å². The molecular weight excluding hydrogens is 294 g/mol. The van der Waals surface area contributed by atoms with E-state index in [2.05, 4.69) is 20.9 Å². The molecule has 4 nitrogen and oxygen atoms in total. The SMILES string of the molecule is NCCC1CCN(C(=O)c2ncccc2Br)CC1. The van der Waals surface area contributed by atoms with Gasteiger partial charge in [0.1, 0.15) is 5.69 Å². The molecule has 1 aliphatic rings. The maximum absolute atomic E-state index is 12.3. The zero-order valence-corrected chi connectivity index (χ0v) is 11.9. The van der Waals surface area contributed by atoms with E-state index in [1.165, 1.54) is 0 Å². The van der Waals surface area contributed by atoms with Gasteiger partial charge in [-0.05, 0) is 59.8 Å². The first-order chi connectivity index (χ1) is 8.72. The van der Waals surface area contributed by atoms with Crippen molar-refractivity contribution in [3.63, 3.8) is 0 Å². The summed E-state index contributed by atoms with van der Waals surface area (Å²) >= 11 is 3.37. The number of rotatable bonds is 3. The molecule has 98 valence electrons. The number of carbonyl (C=O) groups excluding carboxylic acids is 1. The smallest absolute Gasteiger partial charge is 0.273 e. The number of carbonyl (C=O) groups is 1. The number of hydrogen-bond acceptors (Lipinski definition) is 3. The second-order valence-corrected chi connectivity index (χ2v) is 5.50. The standard InChI is InChI=1S/C13H18BrN3O/c14-11-2-1-7-16-12(11)13(18)17-8-4-10(3-6-15)5-9-17/h1-2,7,10H,3-6,8-9,15H2. The molecule has 2 N–H and O–H groups in total. The summed E-state index contributed by atoms with van der Waals surface area (Å²) in [6.07, 6.45) is 4.81. The average molecular weight is 312 g/mol. The fourth-order valence-corrected chi connectivity index (χ4v) is 2.78. The average Bonchev–Trinajstić information content (AvgIpc) is 2.40. The highest BCUT2D eigenvalue weighted by Crippen LogP contribution is 2.22. The highest BCUT2D eigenvalue weighted by molar-refractivity contribution is 9.10. The van der Waals surface area contributed by atoms with Crippen LogP contribution < -0.4 is 5.73 Å². The van der Waals surface area contributed by atoms with Crippen molar-refractivity contribution in [3.05, 3.63) is 28.5 Å². The second-order valence-electron chi connectivity index (χ2n) is 4.65. The lowest BCUT2D eigenvalue weighted by Crippen LogP contribution is -2.39. The molecule has 0 aromatic carbocycles. The van der Waals surface area contributed by atoms with Crippen molar-refractivity contribution in [1.82, 2.24) is 9.88 Å². The highest BCUT2D eigenvalue weighted by atomic mass is 79.9. The van der Waals surface area contributed by atoms with Crippen molar-refractivity contribution in [3.8, 4) is 0 Å². The lowest BCUT2D eigenvalue weighted by molar-refractivity contribution is 0.0681. The first-order valence-electron chi connectivity index (χ1n) is 6.32. The Kier molecular flexibility index (Phi) is 4.72. The summed E-state index contributed by atoms with van der Waals surface area (Å²) in [6, 6.07) is 3.66. The number of nitrogens with zero attached hydrogens (tertiary/aromatic N) is 2.